The monoisotopic (exact) mass is 301 g/mol. The molecule has 0 amide bonds. The highest BCUT2D eigenvalue weighted by atomic mass is 32.2. The molecule has 0 fully saturated rings. The van der Waals surface area contributed by atoms with Gasteiger partial charge >= 0.3 is 5.97 Å². The fourth-order valence-corrected chi connectivity index (χ4v) is 2.82. The third kappa shape index (κ3) is 3.91. The Morgan fingerprint density at radius 3 is 2.75 bits per heavy atom. The van der Waals surface area contributed by atoms with Crippen LogP contribution >= 0.6 is 0 Å². The van der Waals surface area contributed by atoms with Gasteiger partial charge in [-0.15, -0.1) is 6.58 Å². The lowest BCUT2D eigenvalue weighted by molar-refractivity contribution is -0.143. The molecule has 112 valence electrons. The fraction of sp³-hybridized carbons (Fsp3) is 0.500. The smallest absolute Gasteiger partial charge is 0.321 e. The summed E-state index contributed by atoms with van der Waals surface area (Å²) in [4.78, 5) is 18.2. The third-order valence-corrected chi connectivity index (χ3v) is 4.22. The van der Waals surface area contributed by atoms with Gasteiger partial charge in [-0.2, -0.15) is 4.31 Å². The van der Waals surface area contributed by atoms with E-state index in [-0.39, 0.29) is 24.7 Å². The van der Waals surface area contributed by atoms with Gasteiger partial charge in [-0.1, -0.05) is 13.0 Å². The molecule has 7 nitrogen and oxygen atoms in total. The lowest BCUT2D eigenvalue weighted by Crippen LogP contribution is -2.36. The number of carbonyl (C=O) groups is 1. The summed E-state index contributed by atoms with van der Waals surface area (Å²) < 4.78 is 30.5. The maximum Gasteiger partial charge on any atom is 0.321 e. The Labute approximate surface area is 118 Å². The standard InChI is InChI=1S/C12H19N3O4S/c1-4-7-15(9-12(16)19-6-3)20(17,18)11-8-13-10(5-2)14-11/h4,8H,1,5-7,9H2,2-3H3,(H,13,14). The van der Waals surface area contributed by atoms with E-state index in [1.165, 1.54) is 12.3 Å². The van der Waals surface area contributed by atoms with Gasteiger partial charge in [0.15, 0.2) is 5.03 Å². The predicted molar refractivity (Wildman–Crippen MR) is 73.6 cm³/mol. The normalized spacial score (nSPS) is 11.6. The number of H-pyrrole nitrogens is 1. The first kappa shape index (κ1) is 16.4. The second-order valence-electron chi connectivity index (χ2n) is 3.94. The molecule has 8 heteroatoms. The second kappa shape index (κ2) is 7.20. The zero-order chi connectivity index (χ0) is 15.2. The van der Waals surface area contributed by atoms with Crippen LogP contribution in [0.15, 0.2) is 23.9 Å². The molecule has 1 N–H and O–H groups in total. The first-order chi connectivity index (χ1) is 9.45. The van der Waals surface area contributed by atoms with Crippen molar-refractivity contribution in [1.82, 2.24) is 14.3 Å². The zero-order valence-corrected chi connectivity index (χ0v) is 12.4. The quantitative estimate of drug-likeness (QED) is 0.564. The number of hydrogen-bond acceptors (Lipinski definition) is 5. The topological polar surface area (TPSA) is 92.4 Å². The molecular formula is C12H19N3O4S. The fourth-order valence-electron chi connectivity index (χ4n) is 1.54. The van der Waals surface area contributed by atoms with Crippen LogP contribution in [0.1, 0.15) is 19.7 Å². The Balaban J connectivity index is 2.99. The number of ether oxygens (including phenoxy) is 1. The molecule has 0 radical (unpaired) electrons. The number of aryl methyl sites for hydroxylation is 1. The molecule has 0 aliphatic carbocycles. The number of esters is 1. The van der Waals surface area contributed by atoms with E-state index < -0.39 is 16.0 Å². The van der Waals surface area contributed by atoms with Crippen LogP contribution in [0.5, 0.6) is 0 Å². The van der Waals surface area contributed by atoms with Gasteiger partial charge in [-0.3, -0.25) is 4.79 Å². The van der Waals surface area contributed by atoms with E-state index in [0.29, 0.717) is 12.2 Å². The van der Waals surface area contributed by atoms with Crippen molar-refractivity contribution in [3.8, 4) is 0 Å². The zero-order valence-electron chi connectivity index (χ0n) is 11.6. The number of carbonyl (C=O) groups excluding carboxylic acids is 1. The molecule has 0 spiro atoms. The summed E-state index contributed by atoms with van der Waals surface area (Å²) in [5.41, 5.74) is 0. The molecule has 0 atom stereocenters. The summed E-state index contributed by atoms with van der Waals surface area (Å²) in [7, 11) is -3.82. The van der Waals surface area contributed by atoms with Crippen molar-refractivity contribution in [1.29, 1.82) is 0 Å². The first-order valence-electron chi connectivity index (χ1n) is 6.26. The van der Waals surface area contributed by atoms with Crippen LogP contribution in [0.25, 0.3) is 0 Å². The number of aromatic amines is 1. The Hall–Kier alpha value is -1.67. The van der Waals surface area contributed by atoms with Gasteiger partial charge in [0.2, 0.25) is 0 Å². The van der Waals surface area contributed by atoms with Gasteiger partial charge in [0.1, 0.15) is 12.4 Å². The molecule has 1 aromatic heterocycles. The maximum atomic E-state index is 12.4. The van der Waals surface area contributed by atoms with Crippen LogP contribution in [0.4, 0.5) is 0 Å². The molecule has 0 saturated carbocycles. The lowest BCUT2D eigenvalue weighted by atomic mass is 10.5. The molecule has 20 heavy (non-hydrogen) atoms. The summed E-state index contributed by atoms with van der Waals surface area (Å²) in [6, 6.07) is 0. The molecule has 0 unspecified atom stereocenters. The number of aromatic nitrogens is 2. The number of nitrogens with zero attached hydrogens (tertiary/aromatic N) is 2. The third-order valence-electron chi connectivity index (χ3n) is 2.50. The molecule has 1 rings (SSSR count). The molecule has 0 saturated heterocycles. The van der Waals surface area contributed by atoms with Gasteiger partial charge in [-0.05, 0) is 6.92 Å². The highest BCUT2D eigenvalue weighted by molar-refractivity contribution is 7.89. The number of sulfonamides is 1. The van der Waals surface area contributed by atoms with Crippen LogP contribution in [0.3, 0.4) is 0 Å². The van der Waals surface area contributed by atoms with Crippen molar-refractivity contribution in [2.24, 2.45) is 0 Å². The van der Waals surface area contributed by atoms with E-state index in [0.717, 1.165) is 4.31 Å². The van der Waals surface area contributed by atoms with Crippen molar-refractivity contribution in [3.63, 3.8) is 0 Å². The molecule has 1 aromatic rings. The summed E-state index contributed by atoms with van der Waals surface area (Å²) in [5, 5.41) is -0.0412. The Morgan fingerprint density at radius 1 is 1.55 bits per heavy atom. The summed E-state index contributed by atoms with van der Waals surface area (Å²) in [5.74, 6) is -0.0357. The second-order valence-corrected chi connectivity index (χ2v) is 5.85. The van der Waals surface area contributed by atoms with Crippen molar-refractivity contribution < 1.29 is 17.9 Å². The van der Waals surface area contributed by atoms with Crippen molar-refractivity contribution in [2.45, 2.75) is 25.3 Å². The van der Waals surface area contributed by atoms with E-state index in [9.17, 15) is 13.2 Å². The van der Waals surface area contributed by atoms with Gasteiger partial charge in [0.05, 0.1) is 12.8 Å². The highest BCUT2D eigenvalue weighted by Gasteiger charge is 2.27. The largest absolute Gasteiger partial charge is 0.465 e. The molecule has 0 bridgehead atoms. The molecule has 0 aromatic carbocycles. The van der Waals surface area contributed by atoms with E-state index >= 15 is 0 Å². The summed E-state index contributed by atoms with van der Waals surface area (Å²) in [6.45, 7) is 6.87. The predicted octanol–water partition coefficient (Wildman–Crippen LogP) is 0.712. The molecule has 0 aliphatic rings. The maximum absolute atomic E-state index is 12.4. The van der Waals surface area contributed by atoms with E-state index in [2.05, 4.69) is 16.5 Å². The number of nitrogens with one attached hydrogen (secondary N) is 1. The number of hydrogen-bond donors (Lipinski definition) is 1. The van der Waals surface area contributed by atoms with E-state index in [1.807, 2.05) is 6.92 Å². The van der Waals surface area contributed by atoms with E-state index in [4.69, 9.17) is 4.74 Å². The first-order valence-corrected chi connectivity index (χ1v) is 7.70. The summed E-state index contributed by atoms with van der Waals surface area (Å²) in [6.07, 6.45) is 3.25. The van der Waals surface area contributed by atoms with Gasteiger partial charge in [0.25, 0.3) is 10.0 Å². The Morgan fingerprint density at radius 2 is 2.25 bits per heavy atom. The molecule has 1 heterocycles. The van der Waals surface area contributed by atoms with Crippen LogP contribution in [0.2, 0.25) is 0 Å². The van der Waals surface area contributed by atoms with Crippen molar-refractivity contribution in [2.75, 3.05) is 19.7 Å². The van der Waals surface area contributed by atoms with Gasteiger partial charge in [0, 0.05) is 13.0 Å². The Kier molecular flexibility index (Phi) is 5.90. The van der Waals surface area contributed by atoms with Gasteiger partial charge < -0.3 is 9.72 Å². The van der Waals surface area contributed by atoms with Crippen LogP contribution in [-0.4, -0.2) is 48.4 Å². The van der Waals surface area contributed by atoms with Crippen LogP contribution in [-0.2, 0) is 26.0 Å². The summed E-state index contributed by atoms with van der Waals surface area (Å²) >= 11 is 0. The average Bonchev–Trinajstić information content (AvgIpc) is 2.88. The van der Waals surface area contributed by atoms with E-state index in [1.54, 1.807) is 6.92 Å². The Bertz CT molecular complexity index is 565. The van der Waals surface area contributed by atoms with Crippen LogP contribution < -0.4 is 0 Å². The SMILES string of the molecule is C=CCN(CC(=O)OCC)S(=O)(=O)c1cnc(CC)[nH]1. The number of imidazole rings is 1. The lowest BCUT2D eigenvalue weighted by Gasteiger charge is -2.18. The van der Waals surface area contributed by atoms with Crippen molar-refractivity contribution in [3.05, 3.63) is 24.7 Å². The molecular weight excluding hydrogens is 282 g/mol. The van der Waals surface area contributed by atoms with Gasteiger partial charge in [-0.25, -0.2) is 13.4 Å². The minimum absolute atomic E-state index is 0.0155. The highest BCUT2D eigenvalue weighted by Crippen LogP contribution is 2.13. The minimum atomic E-state index is -3.82. The van der Waals surface area contributed by atoms with Crippen LogP contribution in [0, 0.1) is 0 Å². The number of rotatable bonds is 8. The minimum Gasteiger partial charge on any atom is -0.465 e. The molecule has 0 aliphatic heterocycles. The average molecular weight is 301 g/mol. The van der Waals surface area contributed by atoms with Crippen molar-refractivity contribution >= 4 is 16.0 Å².